The average molecular weight is 365 g/mol. The van der Waals surface area contributed by atoms with Crippen molar-refractivity contribution in [2.45, 2.75) is 26.3 Å². The van der Waals surface area contributed by atoms with Crippen LogP contribution in [0.25, 0.3) is 0 Å². The van der Waals surface area contributed by atoms with E-state index in [0.29, 0.717) is 23.5 Å². The summed E-state index contributed by atoms with van der Waals surface area (Å²) in [6.45, 7) is 4.26. The lowest BCUT2D eigenvalue weighted by atomic mass is 10.0. The monoisotopic (exact) mass is 364 g/mol. The van der Waals surface area contributed by atoms with Crippen molar-refractivity contribution in [3.05, 3.63) is 52.3 Å². The quantitative estimate of drug-likeness (QED) is 0.849. The maximum absolute atomic E-state index is 12.4. The van der Waals surface area contributed by atoms with Gasteiger partial charge in [0.2, 0.25) is 0 Å². The second kappa shape index (κ2) is 6.79. The van der Waals surface area contributed by atoms with Crippen LogP contribution in [0.2, 0.25) is 0 Å². The van der Waals surface area contributed by atoms with Crippen molar-refractivity contribution in [2.24, 2.45) is 0 Å². The van der Waals surface area contributed by atoms with Crippen LogP contribution in [-0.4, -0.2) is 21.6 Å². The predicted octanol–water partition coefficient (Wildman–Crippen LogP) is 3.71. The summed E-state index contributed by atoms with van der Waals surface area (Å²) in [4.78, 5) is 23.4. The van der Waals surface area contributed by atoms with Gasteiger partial charge in [0.15, 0.2) is 0 Å². The molecule has 1 unspecified atom stereocenters. The molecule has 0 saturated heterocycles. The minimum atomic E-state index is -0.896. The second-order valence-electron chi connectivity index (χ2n) is 4.97. The number of nitrogens with one attached hydrogen (secondary N) is 1. The maximum Gasteiger partial charge on any atom is 0.310 e. The van der Waals surface area contributed by atoms with Gasteiger partial charge in [-0.1, -0.05) is 12.1 Å². The fourth-order valence-corrected chi connectivity index (χ4v) is 2.61. The number of benzene rings is 1. The molecule has 1 aromatic heterocycles. The SMILES string of the molecule is CCn1cc(Br)cc1C(=O)Nc1cccc(C(C)C(=O)O)c1. The average Bonchev–Trinajstić information content (AvgIpc) is 2.87. The lowest BCUT2D eigenvalue weighted by molar-refractivity contribution is -0.138. The van der Waals surface area contributed by atoms with Gasteiger partial charge in [-0.15, -0.1) is 0 Å². The highest BCUT2D eigenvalue weighted by atomic mass is 79.9. The number of aromatic nitrogens is 1. The molecule has 0 aliphatic carbocycles. The number of anilines is 1. The smallest absolute Gasteiger partial charge is 0.310 e. The minimum absolute atomic E-state index is 0.229. The largest absolute Gasteiger partial charge is 0.481 e. The van der Waals surface area contributed by atoms with Crippen LogP contribution in [0.4, 0.5) is 5.69 Å². The Balaban J connectivity index is 2.21. The number of hydrogen-bond donors (Lipinski definition) is 2. The predicted molar refractivity (Wildman–Crippen MR) is 88.3 cm³/mol. The van der Waals surface area contributed by atoms with Crippen LogP contribution in [0, 0.1) is 0 Å². The second-order valence-corrected chi connectivity index (χ2v) is 5.88. The number of aliphatic carboxylic acids is 1. The van der Waals surface area contributed by atoms with Crippen molar-refractivity contribution in [1.82, 2.24) is 4.57 Å². The van der Waals surface area contributed by atoms with Gasteiger partial charge in [-0.3, -0.25) is 9.59 Å². The molecular formula is C16H17BrN2O3. The van der Waals surface area contributed by atoms with Crippen LogP contribution < -0.4 is 5.32 Å². The Morgan fingerprint density at radius 3 is 2.73 bits per heavy atom. The molecule has 6 heteroatoms. The highest BCUT2D eigenvalue weighted by Gasteiger charge is 2.16. The lowest BCUT2D eigenvalue weighted by Crippen LogP contribution is -2.16. The van der Waals surface area contributed by atoms with Gasteiger partial charge in [-0.25, -0.2) is 0 Å². The Morgan fingerprint density at radius 2 is 2.09 bits per heavy atom. The number of amides is 1. The first-order valence-corrected chi connectivity index (χ1v) is 7.71. The van der Waals surface area contributed by atoms with E-state index in [4.69, 9.17) is 5.11 Å². The number of carboxylic acids is 1. The van der Waals surface area contributed by atoms with E-state index in [1.165, 1.54) is 0 Å². The summed E-state index contributed by atoms with van der Waals surface area (Å²) in [7, 11) is 0. The third kappa shape index (κ3) is 3.57. The van der Waals surface area contributed by atoms with Crippen LogP contribution in [0.5, 0.6) is 0 Å². The number of aryl methyl sites for hydroxylation is 1. The molecule has 22 heavy (non-hydrogen) atoms. The molecule has 1 aromatic carbocycles. The van der Waals surface area contributed by atoms with Crippen LogP contribution in [0.15, 0.2) is 41.0 Å². The Bertz CT molecular complexity index is 709. The number of carboxylic acid groups (broad SMARTS) is 1. The van der Waals surface area contributed by atoms with E-state index in [1.54, 1.807) is 37.3 Å². The van der Waals surface area contributed by atoms with Crippen LogP contribution in [0.1, 0.15) is 35.8 Å². The van der Waals surface area contributed by atoms with E-state index in [0.717, 1.165) is 4.47 Å². The number of hydrogen-bond acceptors (Lipinski definition) is 2. The van der Waals surface area contributed by atoms with Crippen molar-refractivity contribution in [2.75, 3.05) is 5.32 Å². The summed E-state index contributed by atoms with van der Waals surface area (Å²) in [5.41, 5.74) is 1.78. The number of carbonyl (C=O) groups is 2. The fourth-order valence-electron chi connectivity index (χ4n) is 2.15. The van der Waals surface area contributed by atoms with Crippen molar-refractivity contribution in [1.29, 1.82) is 0 Å². The summed E-state index contributed by atoms with van der Waals surface area (Å²) in [5, 5.41) is 11.9. The van der Waals surface area contributed by atoms with E-state index in [2.05, 4.69) is 21.2 Å². The third-order valence-corrected chi connectivity index (χ3v) is 3.89. The third-order valence-electron chi connectivity index (χ3n) is 3.45. The molecule has 0 radical (unpaired) electrons. The van der Waals surface area contributed by atoms with E-state index in [9.17, 15) is 9.59 Å². The van der Waals surface area contributed by atoms with Crippen molar-refractivity contribution >= 4 is 33.5 Å². The molecule has 5 nitrogen and oxygen atoms in total. The zero-order valence-electron chi connectivity index (χ0n) is 12.3. The van der Waals surface area contributed by atoms with E-state index in [1.807, 2.05) is 17.7 Å². The van der Waals surface area contributed by atoms with Crippen LogP contribution >= 0.6 is 15.9 Å². The maximum atomic E-state index is 12.4. The zero-order chi connectivity index (χ0) is 16.3. The molecule has 2 rings (SSSR count). The molecule has 0 bridgehead atoms. The molecule has 2 aromatic rings. The highest BCUT2D eigenvalue weighted by molar-refractivity contribution is 9.10. The van der Waals surface area contributed by atoms with Crippen LogP contribution in [0.3, 0.4) is 0 Å². The topological polar surface area (TPSA) is 71.3 Å². The molecule has 2 N–H and O–H groups in total. The van der Waals surface area contributed by atoms with E-state index in [-0.39, 0.29) is 5.91 Å². The van der Waals surface area contributed by atoms with Gasteiger partial charge in [0.25, 0.3) is 5.91 Å². The first-order chi connectivity index (χ1) is 10.4. The van der Waals surface area contributed by atoms with Gasteiger partial charge < -0.3 is 15.0 Å². The molecule has 0 spiro atoms. The summed E-state index contributed by atoms with van der Waals surface area (Å²) >= 11 is 3.36. The minimum Gasteiger partial charge on any atom is -0.481 e. The molecule has 0 saturated carbocycles. The molecule has 1 atom stereocenters. The standard InChI is InChI=1S/C16H17BrN2O3/c1-3-19-9-12(17)8-14(19)15(20)18-13-6-4-5-11(7-13)10(2)16(21)22/h4-10H,3H2,1-2H3,(H,18,20)(H,21,22). The van der Waals surface area contributed by atoms with Crippen LogP contribution in [-0.2, 0) is 11.3 Å². The Labute approximate surface area is 137 Å². The number of nitrogens with zero attached hydrogens (tertiary/aromatic N) is 1. The summed E-state index contributed by atoms with van der Waals surface area (Å²) < 4.78 is 2.68. The van der Waals surface area contributed by atoms with E-state index >= 15 is 0 Å². The van der Waals surface area contributed by atoms with Gasteiger partial charge in [0.05, 0.1) is 5.92 Å². The molecule has 0 aliphatic rings. The van der Waals surface area contributed by atoms with Gasteiger partial charge in [0.1, 0.15) is 5.69 Å². The normalized spacial score (nSPS) is 12.0. The van der Waals surface area contributed by atoms with Gasteiger partial charge in [-0.2, -0.15) is 0 Å². The summed E-state index contributed by atoms with van der Waals surface area (Å²) in [6, 6.07) is 8.65. The Morgan fingerprint density at radius 1 is 1.36 bits per heavy atom. The molecule has 0 fully saturated rings. The van der Waals surface area contributed by atoms with Crippen molar-refractivity contribution in [3.63, 3.8) is 0 Å². The highest BCUT2D eigenvalue weighted by Crippen LogP contribution is 2.21. The Kier molecular flexibility index (Phi) is 5.03. The summed E-state index contributed by atoms with van der Waals surface area (Å²) in [6.07, 6.45) is 1.85. The molecule has 1 amide bonds. The Hall–Kier alpha value is -2.08. The summed E-state index contributed by atoms with van der Waals surface area (Å²) in [5.74, 6) is -1.74. The zero-order valence-corrected chi connectivity index (χ0v) is 13.9. The number of carbonyl (C=O) groups excluding carboxylic acids is 1. The van der Waals surface area contributed by atoms with Crippen molar-refractivity contribution in [3.8, 4) is 0 Å². The van der Waals surface area contributed by atoms with Gasteiger partial charge in [-0.05, 0) is 53.5 Å². The first-order valence-electron chi connectivity index (χ1n) is 6.92. The van der Waals surface area contributed by atoms with Gasteiger partial charge >= 0.3 is 5.97 Å². The van der Waals surface area contributed by atoms with E-state index < -0.39 is 11.9 Å². The number of halogens is 1. The lowest BCUT2D eigenvalue weighted by Gasteiger charge is -2.11. The first kappa shape index (κ1) is 16.3. The molecular weight excluding hydrogens is 348 g/mol. The molecule has 0 aliphatic heterocycles. The van der Waals surface area contributed by atoms with Gasteiger partial charge in [0, 0.05) is 22.9 Å². The number of rotatable bonds is 5. The fraction of sp³-hybridized carbons (Fsp3) is 0.250. The molecule has 116 valence electrons. The van der Waals surface area contributed by atoms with Crippen molar-refractivity contribution < 1.29 is 14.7 Å². The molecule has 1 heterocycles.